The van der Waals surface area contributed by atoms with Gasteiger partial charge in [-0.05, 0) is 18.2 Å². The van der Waals surface area contributed by atoms with E-state index < -0.39 is 16.7 Å². The number of benzene rings is 1. The molecule has 6 nitrogen and oxygen atoms in total. The lowest BCUT2D eigenvalue weighted by Crippen LogP contribution is -2.05. The van der Waals surface area contributed by atoms with Crippen molar-refractivity contribution < 1.29 is 18.1 Å². The molecule has 1 aromatic carbocycles. The van der Waals surface area contributed by atoms with Crippen molar-refractivity contribution in [3.05, 3.63) is 62.8 Å². The minimum atomic E-state index is -4.46. The first-order valence-electron chi connectivity index (χ1n) is 6.03. The third-order valence-electron chi connectivity index (χ3n) is 2.65. The number of aromatic nitrogens is 1. The largest absolute Gasteiger partial charge is 0.417 e. The zero-order valence-corrected chi connectivity index (χ0v) is 12.0. The molecule has 0 aliphatic rings. The van der Waals surface area contributed by atoms with Gasteiger partial charge in [0.15, 0.2) is 0 Å². The van der Waals surface area contributed by atoms with E-state index in [0.717, 1.165) is 12.1 Å². The zero-order chi connectivity index (χ0) is 17.0. The van der Waals surface area contributed by atoms with Gasteiger partial charge < -0.3 is 0 Å². The van der Waals surface area contributed by atoms with E-state index in [1.54, 1.807) is 0 Å². The molecule has 1 N–H and O–H groups in total. The van der Waals surface area contributed by atoms with Gasteiger partial charge in [0, 0.05) is 17.8 Å². The Balaban J connectivity index is 2.07. The van der Waals surface area contributed by atoms with Gasteiger partial charge in [-0.25, -0.2) is 4.98 Å². The molecular weight excluding hydrogens is 337 g/mol. The molecule has 0 saturated heterocycles. The van der Waals surface area contributed by atoms with E-state index in [1.807, 2.05) is 0 Å². The number of anilines is 1. The molecule has 0 aliphatic carbocycles. The van der Waals surface area contributed by atoms with Crippen molar-refractivity contribution in [1.29, 1.82) is 0 Å². The minimum Gasteiger partial charge on any atom is -0.261 e. The normalized spacial score (nSPS) is 11.7. The van der Waals surface area contributed by atoms with E-state index in [9.17, 15) is 23.3 Å². The molecule has 0 spiro atoms. The fourth-order valence-electron chi connectivity index (χ4n) is 1.55. The molecule has 10 heteroatoms. The molecule has 0 unspecified atom stereocenters. The fraction of sp³-hybridized carbons (Fsp3) is 0.0769. The standard InChI is InChI=1S/C13H8ClF3N4O2/c14-10-3-1-8(5-11(10)21(22)23)6-19-20-12-4-2-9(7-18-12)13(15,16)17/h1-7H,(H,18,20)/b19-6-. The molecule has 2 aromatic rings. The highest BCUT2D eigenvalue weighted by Gasteiger charge is 2.30. The Labute approximate surface area is 132 Å². The van der Waals surface area contributed by atoms with Gasteiger partial charge in [-0.1, -0.05) is 17.7 Å². The van der Waals surface area contributed by atoms with Gasteiger partial charge in [0.05, 0.1) is 16.7 Å². The number of hydrogen-bond donors (Lipinski definition) is 1. The Hall–Kier alpha value is -2.68. The summed E-state index contributed by atoms with van der Waals surface area (Å²) in [5.74, 6) is 0.0951. The summed E-state index contributed by atoms with van der Waals surface area (Å²) in [5, 5.41) is 14.5. The zero-order valence-electron chi connectivity index (χ0n) is 11.2. The van der Waals surface area contributed by atoms with E-state index >= 15 is 0 Å². The number of nitrogens with zero attached hydrogens (tertiary/aromatic N) is 3. The van der Waals surface area contributed by atoms with Crippen molar-refractivity contribution in [3.8, 4) is 0 Å². The van der Waals surface area contributed by atoms with Crippen LogP contribution in [0, 0.1) is 10.1 Å². The number of hydrogen-bond acceptors (Lipinski definition) is 5. The van der Waals surface area contributed by atoms with Gasteiger partial charge in [-0.15, -0.1) is 0 Å². The predicted molar refractivity (Wildman–Crippen MR) is 78.6 cm³/mol. The second kappa shape index (κ2) is 6.61. The number of rotatable bonds is 4. The average Bonchev–Trinajstić information content (AvgIpc) is 2.48. The molecule has 0 fully saturated rings. The monoisotopic (exact) mass is 344 g/mol. The summed E-state index contributed by atoms with van der Waals surface area (Å²) in [7, 11) is 0. The summed E-state index contributed by atoms with van der Waals surface area (Å²) in [6, 6.07) is 6.04. The lowest BCUT2D eigenvalue weighted by molar-refractivity contribution is -0.384. The van der Waals surface area contributed by atoms with Crippen LogP contribution in [0.15, 0.2) is 41.6 Å². The molecule has 23 heavy (non-hydrogen) atoms. The summed E-state index contributed by atoms with van der Waals surface area (Å²) in [6.45, 7) is 0. The molecule has 1 heterocycles. The third-order valence-corrected chi connectivity index (χ3v) is 2.97. The maximum atomic E-state index is 12.4. The summed E-state index contributed by atoms with van der Waals surface area (Å²) < 4.78 is 37.1. The molecule has 1 aromatic heterocycles. The Bertz CT molecular complexity index is 748. The van der Waals surface area contributed by atoms with Crippen LogP contribution in [0.25, 0.3) is 0 Å². The second-order valence-electron chi connectivity index (χ2n) is 4.27. The summed E-state index contributed by atoms with van der Waals surface area (Å²) in [4.78, 5) is 13.7. The lowest BCUT2D eigenvalue weighted by atomic mass is 10.2. The van der Waals surface area contributed by atoms with E-state index in [0.29, 0.717) is 11.8 Å². The van der Waals surface area contributed by atoms with Crippen molar-refractivity contribution in [1.82, 2.24) is 4.98 Å². The Morgan fingerprint density at radius 3 is 2.61 bits per heavy atom. The van der Waals surface area contributed by atoms with Gasteiger partial charge in [0.1, 0.15) is 10.8 Å². The van der Waals surface area contributed by atoms with Crippen LogP contribution < -0.4 is 5.43 Å². The second-order valence-corrected chi connectivity index (χ2v) is 4.68. The molecule has 2 rings (SSSR count). The Morgan fingerprint density at radius 1 is 1.30 bits per heavy atom. The maximum absolute atomic E-state index is 12.4. The third kappa shape index (κ3) is 4.39. The molecule has 0 aliphatic heterocycles. The van der Waals surface area contributed by atoms with Gasteiger partial charge in [0.2, 0.25) is 0 Å². The molecule has 120 valence electrons. The number of halogens is 4. The highest BCUT2D eigenvalue weighted by molar-refractivity contribution is 6.32. The van der Waals surface area contributed by atoms with Crippen molar-refractivity contribution in [2.24, 2.45) is 5.10 Å². The molecular formula is C13H8ClF3N4O2. The van der Waals surface area contributed by atoms with Crippen LogP contribution in [-0.2, 0) is 6.18 Å². The lowest BCUT2D eigenvalue weighted by Gasteiger charge is -2.06. The van der Waals surface area contributed by atoms with Crippen LogP contribution in [0.1, 0.15) is 11.1 Å². The fourth-order valence-corrected chi connectivity index (χ4v) is 1.74. The summed E-state index contributed by atoms with van der Waals surface area (Å²) >= 11 is 5.67. The van der Waals surface area contributed by atoms with Gasteiger partial charge in [-0.3, -0.25) is 15.5 Å². The molecule has 0 saturated carbocycles. The molecule has 0 atom stereocenters. The van der Waals surface area contributed by atoms with Crippen LogP contribution in [0.4, 0.5) is 24.7 Å². The van der Waals surface area contributed by atoms with Crippen LogP contribution in [0.2, 0.25) is 5.02 Å². The number of pyridine rings is 1. The number of alkyl halides is 3. The van der Waals surface area contributed by atoms with Crippen LogP contribution in [0.5, 0.6) is 0 Å². The number of nitro benzene ring substituents is 1. The topological polar surface area (TPSA) is 80.4 Å². The van der Waals surface area contributed by atoms with Gasteiger partial charge >= 0.3 is 6.18 Å². The number of nitro groups is 1. The first-order valence-corrected chi connectivity index (χ1v) is 6.41. The maximum Gasteiger partial charge on any atom is 0.417 e. The average molecular weight is 345 g/mol. The van der Waals surface area contributed by atoms with Crippen LogP contribution in [0.3, 0.4) is 0 Å². The van der Waals surface area contributed by atoms with Crippen molar-refractivity contribution >= 4 is 29.3 Å². The van der Waals surface area contributed by atoms with E-state index in [2.05, 4.69) is 15.5 Å². The van der Waals surface area contributed by atoms with Crippen LogP contribution in [-0.4, -0.2) is 16.1 Å². The summed E-state index contributed by atoms with van der Waals surface area (Å²) in [6.07, 6.45) is -2.54. The van der Waals surface area contributed by atoms with Gasteiger partial charge in [0.25, 0.3) is 5.69 Å². The predicted octanol–water partition coefficient (Wildman–Crippen LogP) is 4.11. The highest BCUT2D eigenvalue weighted by Crippen LogP contribution is 2.28. The first-order chi connectivity index (χ1) is 10.8. The van der Waals surface area contributed by atoms with Crippen molar-refractivity contribution in [2.45, 2.75) is 6.18 Å². The quantitative estimate of drug-likeness (QED) is 0.514. The highest BCUT2D eigenvalue weighted by atomic mass is 35.5. The summed E-state index contributed by atoms with van der Waals surface area (Å²) in [5.41, 5.74) is 1.66. The van der Waals surface area contributed by atoms with Crippen LogP contribution >= 0.6 is 11.6 Å². The van der Waals surface area contributed by atoms with E-state index in [-0.39, 0.29) is 16.5 Å². The van der Waals surface area contributed by atoms with Crippen molar-refractivity contribution in [3.63, 3.8) is 0 Å². The Kier molecular flexibility index (Phi) is 4.80. The minimum absolute atomic E-state index is 0.00971. The van der Waals surface area contributed by atoms with E-state index in [4.69, 9.17) is 11.6 Å². The first kappa shape index (κ1) is 16.7. The Morgan fingerprint density at radius 2 is 2.04 bits per heavy atom. The van der Waals surface area contributed by atoms with Crippen molar-refractivity contribution in [2.75, 3.05) is 5.43 Å². The molecule has 0 radical (unpaired) electrons. The van der Waals surface area contributed by atoms with E-state index in [1.165, 1.54) is 24.4 Å². The number of nitrogens with one attached hydrogen (secondary N) is 1. The SMILES string of the molecule is O=[N+]([O-])c1cc(/C=N\Nc2ccc(C(F)(F)F)cn2)ccc1Cl. The van der Waals surface area contributed by atoms with Gasteiger partial charge in [-0.2, -0.15) is 18.3 Å². The smallest absolute Gasteiger partial charge is 0.261 e. The molecule has 0 amide bonds. The number of hydrazone groups is 1. The molecule has 0 bridgehead atoms.